The van der Waals surface area contributed by atoms with E-state index in [0.29, 0.717) is 22.4 Å². The molecule has 3 aromatic rings. The van der Waals surface area contributed by atoms with Gasteiger partial charge in [0, 0.05) is 16.8 Å². The maximum atomic E-state index is 13.0. The number of hydrogen-bond acceptors (Lipinski definition) is 5. The van der Waals surface area contributed by atoms with Gasteiger partial charge in [0.25, 0.3) is 10.0 Å². The average Bonchev–Trinajstić information content (AvgIpc) is 2.76. The van der Waals surface area contributed by atoms with E-state index in [0.717, 1.165) is 16.7 Å². The zero-order chi connectivity index (χ0) is 26.1. The molecule has 186 valence electrons. The lowest BCUT2D eigenvalue weighted by atomic mass is 9.90. The lowest BCUT2D eigenvalue weighted by Crippen LogP contribution is -2.29. The monoisotopic (exact) mass is 496 g/mol. The third-order valence-electron chi connectivity index (χ3n) is 5.71. The first-order valence-electron chi connectivity index (χ1n) is 11.3. The molecule has 7 nitrogen and oxygen atoms in total. The van der Waals surface area contributed by atoms with E-state index in [2.05, 4.69) is 9.71 Å². The Bertz CT molecular complexity index is 1360. The quantitative estimate of drug-likeness (QED) is 0.433. The molecule has 0 aliphatic rings. The number of aromatic nitrogens is 1. The Morgan fingerprint density at radius 2 is 1.63 bits per heavy atom. The Balaban J connectivity index is 2.30. The van der Waals surface area contributed by atoms with Gasteiger partial charge in [-0.1, -0.05) is 36.4 Å². The highest BCUT2D eigenvalue weighted by Gasteiger charge is 2.33. The molecule has 0 radical (unpaired) electrons. The summed E-state index contributed by atoms with van der Waals surface area (Å²) >= 11 is 0. The highest BCUT2D eigenvalue weighted by atomic mass is 32.2. The molecule has 2 aromatic carbocycles. The second-order valence-electron chi connectivity index (χ2n) is 9.63. The molecule has 0 fully saturated rings. The van der Waals surface area contributed by atoms with E-state index in [4.69, 9.17) is 4.74 Å². The number of ether oxygens (including phenoxy) is 1. The van der Waals surface area contributed by atoms with Gasteiger partial charge < -0.3 is 9.84 Å². The number of rotatable bonds is 7. The largest absolute Gasteiger partial charge is 0.479 e. The number of pyridine rings is 1. The predicted octanol–water partition coefficient (Wildman–Crippen LogP) is 5.72. The number of anilines is 1. The van der Waals surface area contributed by atoms with E-state index in [-0.39, 0.29) is 10.7 Å². The molecule has 0 saturated carbocycles. The molecule has 0 amide bonds. The first-order valence-corrected chi connectivity index (χ1v) is 12.8. The average molecular weight is 497 g/mol. The van der Waals surface area contributed by atoms with Gasteiger partial charge in [0.05, 0.1) is 10.5 Å². The maximum Gasteiger partial charge on any atom is 0.337 e. The van der Waals surface area contributed by atoms with Crippen molar-refractivity contribution in [3.8, 4) is 11.1 Å². The molecule has 1 unspecified atom stereocenters. The SMILES string of the molecule is Cc1ccc(-c2c(C)nc(NS(=O)(=O)c3ccccc3)c(C)c2C(OC(C)(C)C)C(=O)O)cc1C. The highest BCUT2D eigenvalue weighted by molar-refractivity contribution is 7.92. The number of aliphatic carboxylic acids is 1. The number of aryl methyl sites for hydroxylation is 3. The van der Waals surface area contributed by atoms with Crippen molar-refractivity contribution >= 4 is 21.8 Å². The predicted molar refractivity (Wildman–Crippen MR) is 137 cm³/mol. The first kappa shape index (κ1) is 26.4. The van der Waals surface area contributed by atoms with Gasteiger partial charge in [-0.2, -0.15) is 0 Å². The van der Waals surface area contributed by atoms with Crippen molar-refractivity contribution in [2.45, 2.75) is 65.1 Å². The topological polar surface area (TPSA) is 106 Å². The van der Waals surface area contributed by atoms with Crippen molar-refractivity contribution < 1.29 is 23.1 Å². The van der Waals surface area contributed by atoms with Crippen molar-refractivity contribution in [1.29, 1.82) is 0 Å². The van der Waals surface area contributed by atoms with Crippen LogP contribution in [0.5, 0.6) is 0 Å². The summed E-state index contributed by atoms with van der Waals surface area (Å²) in [7, 11) is -3.94. The fourth-order valence-electron chi connectivity index (χ4n) is 3.88. The molecule has 1 heterocycles. The molecule has 8 heteroatoms. The Hall–Kier alpha value is -3.23. The van der Waals surface area contributed by atoms with E-state index in [1.807, 2.05) is 32.0 Å². The summed E-state index contributed by atoms with van der Waals surface area (Å²) in [6, 6.07) is 13.8. The Morgan fingerprint density at radius 3 is 2.17 bits per heavy atom. The summed E-state index contributed by atoms with van der Waals surface area (Å²) in [6.07, 6.45) is -1.34. The van der Waals surface area contributed by atoms with Gasteiger partial charge in [-0.25, -0.2) is 18.2 Å². The van der Waals surface area contributed by atoms with E-state index in [1.165, 1.54) is 12.1 Å². The number of sulfonamides is 1. The molecule has 3 rings (SSSR count). The summed E-state index contributed by atoms with van der Waals surface area (Å²) in [5.74, 6) is -1.10. The van der Waals surface area contributed by atoms with Crippen LogP contribution in [0.1, 0.15) is 54.8 Å². The van der Waals surface area contributed by atoms with E-state index >= 15 is 0 Å². The second kappa shape index (κ2) is 9.79. The van der Waals surface area contributed by atoms with Gasteiger partial charge in [0.15, 0.2) is 6.10 Å². The van der Waals surface area contributed by atoms with Crippen molar-refractivity contribution in [2.75, 3.05) is 4.72 Å². The van der Waals surface area contributed by atoms with Crippen molar-refractivity contribution in [3.63, 3.8) is 0 Å². The van der Waals surface area contributed by atoms with Crippen LogP contribution in [0.4, 0.5) is 5.82 Å². The van der Waals surface area contributed by atoms with Gasteiger partial charge in [0.2, 0.25) is 0 Å². The Morgan fingerprint density at radius 1 is 1.00 bits per heavy atom. The summed E-state index contributed by atoms with van der Waals surface area (Å²) in [5, 5.41) is 10.2. The fourth-order valence-corrected chi connectivity index (χ4v) is 4.96. The van der Waals surface area contributed by atoms with Crippen LogP contribution < -0.4 is 4.72 Å². The molecule has 0 saturated heterocycles. The minimum Gasteiger partial charge on any atom is -0.479 e. The van der Waals surface area contributed by atoms with E-state index in [9.17, 15) is 18.3 Å². The summed E-state index contributed by atoms with van der Waals surface area (Å²) in [5.41, 5.74) is 4.03. The molecular weight excluding hydrogens is 464 g/mol. The van der Waals surface area contributed by atoms with Crippen LogP contribution in [0.2, 0.25) is 0 Å². The smallest absolute Gasteiger partial charge is 0.337 e. The lowest BCUT2D eigenvalue weighted by Gasteiger charge is -2.29. The summed E-state index contributed by atoms with van der Waals surface area (Å²) in [4.78, 5) is 17.1. The number of nitrogens with zero attached hydrogens (tertiary/aromatic N) is 1. The molecule has 2 N–H and O–H groups in total. The zero-order valence-electron chi connectivity index (χ0n) is 21.1. The molecule has 35 heavy (non-hydrogen) atoms. The number of carboxylic acid groups (broad SMARTS) is 1. The van der Waals surface area contributed by atoms with Crippen LogP contribution in [0.15, 0.2) is 53.4 Å². The van der Waals surface area contributed by atoms with Crippen LogP contribution in [-0.2, 0) is 19.6 Å². The lowest BCUT2D eigenvalue weighted by molar-refractivity contribution is -0.160. The molecule has 1 aromatic heterocycles. The van der Waals surface area contributed by atoms with Crippen LogP contribution in [0.25, 0.3) is 11.1 Å². The molecule has 0 aliphatic carbocycles. The fraction of sp³-hybridized carbons (Fsp3) is 0.333. The number of carboxylic acids is 1. The van der Waals surface area contributed by atoms with Gasteiger partial charge >= 0.3 is 5.97 Å². The van der Waals surface area contributed by atoms with Gasteiger partial charge in [-0.3, -0.25) is 4.72 Å². The van der Waals surface area contributed by atoms with Gasteiger partial charge in [0.1, 0.15) is 5.82 Å². The van der Waals surface area contributed by atoms with Gasteiger partial charge in [-0.05, 0) is 82.9 Å². The van der Waals surface area contributed by atoms with Crippen LogP contribution in [0, 0.1) is 27.7 Å². The third-order valence-corrected chi connectivity index (χ3v) is 7.06. The van der Waals surface area contributed by atoms with Crippen LogP contribution in [0.3, 0.4) is 0 Å². The zero-order valence-corrected chi connectivity index (χ0v) is 21.9. The number of hydrogen-bond donors (Lipinski definition) is 2. The minimum absolute atomic E-state index is 0.0673. The van der Waals surface area contributed by atoms with Crippen LogP contribution >= 0.6 is 0 Å². The molecule has 1 atom stereocenters. The Labute approximate surface area is 207 Å². The minimum atomic E-state index is -3.94. The molecular formula is C27H32N2O5S. The third kappa shape index (κ3) is 5.89. The molecule has 0 spiro atoms. The summed E-state index contributed by atoms with van der Waals surface area (Å²) < 4.78 is 34.6. The first-order chi connectivity index (χ1) is 16.2. The van der Waals surface area contributed by atoms with Crippen molar-refractivity contribution in [2.24, 2.45) is 0 Å². The second-order valence-corrected chi connectivity index (χ2v) is 11.3. The van der Waals surface area contributed by atoms with E-state index < -0.39 is 27.7 Å². The number of carbonyl (C=O) groups is 1. The molecule has 0 bridgehead atoms. The maximum absolute atomic E-state index is 13.0. The van der Waals surface area contributed by atoms with Crippen molar-refractivity contribution in [1.82, 2.24) is 4.98 Å². The Kier molecular flexibility index (Phi) is 7.38. The standard InChI is InChI=1S/C27H32N2O5S/c1-16-13-14-20(15-17(16)2)23-19(4)28-25(29-35(32,33)21-11-9-8-10-12-21)18(3)22(23)24(26(30)31)34-27(5,6)7/h8-15,24H,1-7H3,(H,28,29)(H,30,31). The summed E-state index contributed by atoms with van der Waals surface area (Å²) in [6.45, 7) is 12.7. The van der Waals surface area contributed by atoms with Crippen LogP contribution in [-0.4, -0.2) is 30.1 Å². The van der Waals surface area contributed by atoms with Crippen molar-refractivity contribution in [3.05, 3.63) is 76.5 Å². The van der Waals surface area contributed by atoms with E-state index in [1.54, 1.807) is 52.8 Å². The highest BCUT2D eigenvalue weighted by Crippen LogP contribution is 2.40. The van der Waals surface area contributed by atoms with Gasteiger partial charge in [-0.15, -0.1) is 0 Å². The number of nitrogens with one attached hydrogen (secondary N) is 1. The molecule has 0 aliphatic heterocycles. The normalized spacial score (nSPS) is 12.9. The number of benzene rings is 2.